The molecule has 2 heterocycles. The molecule has 1 aromatic heterocycles. The Morgan fingerprint density at radius 2 is 1.59 bits per heavy atom. The molecule has 0 bridgehead atoms. The predicted molar refractivity (Wildman–Crippen MR) is 180 cm³/mol. The number of likely N-dealkylation sites (tertiary alicyclic amines) is 1. The molecule has 0 radical (unpaired) electrons. The van der Waals surface area contributed by atoms with E-state index in [1.807, 2.05) is 42.5 Å². The minimum atomic E-state index is -0.755. The van der Waals surface area contributed by atoms with E-state index in [4.69, 9.17) is 15.2 Å². The topological polar surface area (TPSA) is 76.8 Å². The van der Waals surface area contributed by atoms with Crippen LogP contribution in [0, 0.1) is 0 Å². The molecule has 1 saturated heterocycles. The number of carbonyl (C=O) groups excluding carboxylic acids is 1. The number of carbonyl (C=O) groups is 1. The number of rotatable bonds is 13. The zero-order chi connectivity index (χ0) is 30.1. The second-order valence-corrected chi connectivity index (χ2v) is 12.3. The van der Waals surface area contributed by atoms with E-state index in [0.717, 1.165) is 36.4 Å². The summed E-state index contributed by atoms with van der Waals surface area (Å²) in [6.07, 6.45) is 3.42. The third-order valence-electron chi connectivity index (χ3n) is 8.04. The fraction of sp³-hybridized carbons (Fsp3) is 0.270. The van der Waals surface area contributed by atoms with Crippen molar-refractivity contribution in [2.24, 2.45) is 5.73 Å². The van der Waals surface area contributed by atoms with Gasteiger partial charge in [-0.3, -0.25) is 9.69 Å². The van der Waals surface area contributed by atoms with Crippen molar-refractivity contribution in [2.45, 2.75) is 31.9 Å². The Kier molecular flexibility index (Phi) is 10.00. The van der Waals surface area contributed by atoms with Crippen LogP contribution in [0.4, 0.5) is 5.69 Å². The Bertz CT molecular complexity index is 1650. The minimum absolute atomic E-state index is 0.148. The van der Waals surface area contributed by atoms with E-state index in [1.54, 1.807) is 11.3 Å². The SMILES string of the molecule is N[C@@H](COCc1ccccc1)C(=O)Nc1ccc(-c2sc3ccccc3c2Cc2ccc(OCCN3CCCC3)cc2)cc1. The molecule has 0 unspecified atom stereocenters. The molecule has 0 spiro atoms. The zero-order valence-electron chi connectivity index (χ0n) is 24.9. The number of nitrogens with two attached hydrogens (primary N) is 1. The Balaban J connectivity index is 1.09. The molecule has 0 saturated carbocycles. The number of hydrogen-bond donors (Lipinski definition) is 2. The molecule has 3 N–H and O–H groups in total. The monoisotopic (exact) mass is 605 g/mol. The van der Waals surface area contributed by atoms with Crippen LogP contribution < -0.4 is 15.8 Å². The molecule has 0 aliphatic carbocycles. The smallest absolute Gasteiger partial charge is 0.243 e. The molecule has 1 aliphatic rings. The number of anilines is 1. The lowest BCUT2D eigenvalue weighted by molar-refractivity contribution is -0.118. The third kappa shape index (κ3) is 7.73. The normalized spacial score (nSPS) is 14.1. The highest BCUT2D eigenvalue weighted by Crippen LogP contribution is 2.40. The van der Waals surface area contributed by atoms with Crippen LogP contribution in [0.5, 0.6) is 5.75 Å². The van der Waals surface area contributed by atoms with Crippen LogP contribution in [0.15, 0.2) is 103 Å². The van der Waals surface area contributed by atoms with Gasteiger partial charge in [-0.1, -0.05) is 72.8 Å². The minimum Gasteiger partial charge on any atom is -0.492 e. The van der Waals surface area contributed by atoms with Crippen molar-refractivity contribution < 1.29 is 14.3 Å². The van der Waals surface area contributed by atoms with Crippen LogP contribution in [-0.2, 0) is 22.6 Å². The molecule has 1 atom stereocenters. The lowest BCUT2D eigenvalue weighted by atomic mass is 9.99. The number of amides is 1. The molecule has 1 fully saturated rings. The Morgan fingerprint density at radius 1 is 0.864 bits per heavy atom. The van der Waals surface area contributed by atoms with Gasteiger partial charge in [0.1, 0.15) is 18.4 Å². The third-order valence-corrected chi connectivity index (χ3v) is 9.30. The van der Waals surface area contributed by atoms with E-state index in [0.29, 0.717) is 12.3 Å². The van der Waals surface area contributed by atoms with Gasteiger partial charge in [-0.05, 0) is 90.3 Å². The first-order valence-electron chi connectivity index (χ1n) is 15.4. The number of benzene rings is 4. The fourth-order valence-corrected chi connectivity index (χ4v) is 6.83. The van der Waals surface area contributed by atoms with Gasteiger partial charge in [0.15, 0.2) is 0 Å². The van der Waals surface area contributed by atoms with Crippen molar-refractivity contribution in [1.82, 2.24) is 4.90 Å². The molecule has 44 heavy (non-hydrogen) atoms. The van der Waals surface area contributed by atoms with Crippen LogP contribution in [0.2, 0.25) is 0 Å². The van der Waals surface area contributed by atoms with Gasteiger partial charge >= 0.3 is 0 Å². The van der Waals surface area contributed by atoms with Crippen molar-refractivity contribution in [3.05, 3.63) is 120 Å². The predicted octanol–water partition coefficient (Wildman–Crippen LogP) is 7.12. The van der Waals surface area contributed by atoms with E-state index in [9.17, 15) is 4.79 Å². The summed E-state index contributed by atoms with van der Waals surface area (Å²) in [6, 6.07) is 34.2. The molecule has 6 nitrogen and oxygen atoms in total. The van der Waals surface area contributed by atoms with E-state index in [2.05, 4.69) is 70.9 Å². The van der Waals surface area contributed by atoms with Crippen molar-refractivity contribution in [3.8, 4) is 16.2 Å². The van der Waals surface area contributed by atoms with Gasteiger partial charge in [-0.25, -0.2) is 0 Å². The second-order valence-electron chi connectivity index (χ2n) is 11.3. The molecular formula is C37H39N3O3S. The average Bonchev–Trinajstić information content (AvgIpc) is 3.71. The van der Waals surface area contributed by atoms with Gasteiger partial charge in [0.25, 0.3) is 0 Å². The van der Waals surface area contributed by atoms with Gasteiger partial charge < -0.3 is 20.5 Å². The van der Waals surface area contributed by atoms with Crippen molar-refractivity contribution >= 4 is 33.0 Å². The van der Waals surface area contributed by atoms with Crippen molar-refractivity contribution in [2.75, 3.05) is 38.2 Å². The lowest BCUT2D eigenvalue weighted by Gasteiger charge is -2.15. The first kappa shape index (κ1) is 30.0. The highest BCUT2D eigenvalue weighted by Gasteiger charge is 2.17. The lowest BCUT2D eigenvalue weighted by Crippen LogP contribution is -2.39. The highest BCUT2D eigenvalue weighted by atomic mass is 32.1. The van der Waals surface area contributed by atoms with Gasteiger partial charge in [0.2, 0.25) is 5.91 Å². The fourth-order valence-electron chi connectivity index (χ4n) is 5.61. The number of ether oxygens (including phenoxy) is 2. The van der Waals surface area contributed by atoms with Crippen molar-refractivity contribution in [1.29, 1.82) is 0 Å². The number of nitrogens with zero attached hydrogens (tertiary/aromatic N) is 1. The largest absolute Gasteiger partial charge is 0.492 e. The summed E-state index contributed by atoms with van der Waals surface area (Å²) < 4.78 is 12.9. The Labute approximate surface area is 263 Å². The van der Waals surface area contributed by atoms with Crippen molar-refractivity contribution in [3.63, 3.8) is 0 Å². The number of fused-ring (bicyclic) bond motifs is 1. The summed E-state index contributed by atoms with van der Waals surface area (Å²) in [7, 11) is 0. The molecule has 5 aromatic rings. The summed E-state index contributed by atoms with van der Waals surface area (Å²) in [4.78, 5) is 16.4. The van der Waals surface area contributed by atoms with E-state index >= 15 is 0 Å². The first-order valence-corrected chi connectivity index (χ1v) is 16.2. The quantitative estimate of drug-likeness (QED) is 0.150. The summed E-state index contributed by atoms with van der Waals surface area (Å²) in [5.41, 5.74) is 11.5. The second kappa shape index (κ2) is 14.6. The molecular weight excluding hydrogens is 566 g/mol. The van der Waals surface area contributed by atoms with Crippen LogP contribution in [-0.4, -0.2) is 49.7 Å². The molecule has 7 heteroatoms. The van der Waals surface area contributed by atoms with Crippen LogP contribution in [0.25, 0.3) is 20.5 Å². The molecule has 1 aliphatic heterocycles. The van der Waals surface area contributed by atoms with Gasteiger partial charge in [0, 0.05) is 21.8 Å². The van der Waals surface area contributed by atoms with Gasteiger partial charge in [0.05, 0.1) is 13.2 Å². The van der Waals surface area contributed by atoms with Crippen LogP contribution >= 0.6 is 11.3 Å². The summed E-state index contributed by atoms with van der Waals surface area (Å²) in [5, 5.41) is 4.21. The summed E-state index contributed by atoms with van der Waals surface area (Å²) in [6.45, 7) is 4.67. The summed E-state index contributed by atoms with van der Waals surface area (Å²) in [5.74, 6) is 0.653. The van der Waals surface area contributed by atoms with Crippen LogP contribution in [0.3, 0.4) is 0 Å². The van der Waals surface area contributed by atoms with E-state index in [1.165, 1.54) is 52.0 Å². The first-order chi connectivity index (χ1) is 21.6. The van der Waals surface area contributed by atoms with E-state index in [-0.39, 0.29) is 12.5 Å². The average molecular weight is 606 g/mol. The highest BCUT2D eigenvalue weighted by molar-refractivity contribution is 7.22. The number of thiophene rings is 1. The van der Waals surface area contributed by atoms with Gasteiger partial charge in [-0.15, -0.1) is 11.3 Å². The Morgan fingerprint density at radius 3 is 2.36 bits per heavy atom. The molecule has 1 amide bonds. The number of hydrogen-bond acceptors (Lipinski definition) is 6. The number of nitrogens with one attached hydrogen (secondary N) is 1. The maximum atomic E-state index is 12.7. The van der Waals surface area contributed by atoms with E-state index < -0.39 is 6.04 Å². The maximum absolute atomic E-state index is 12.7. The summed E-state index contributed by atoms with van der Waals surface area (Å²) >= 11 is 1.80. The molecule has 226 valence electrons. The van der Waals surface area contributed by atoms with Gasteiger partial charge in [-0.2, -0.15) is 0 Å². The standard InChI is InChI=1S/C37H39N3O3S/c38-34(26-42-25-28-8-2-1-3-9-28)37(41)39-30-16-14-29(15-17-30)36-33(32-10-4-5-11-35(32)44-36)24-27-12-18-31(19-13-27)43-23-22-40-20-6-7-21-40/h1-5,8-19,34H,6-7,20-26,38H2,(H,39,41)/t34-/m0/s1. The van der Waals surface area contributed by atoms with Crippen LogP contribution in [0.1, 0.15) is 29.5 Å². The Hall–Kier alpha value is -4.01. The zero-order valence-corrected chi connectivity index (χ0v) is 25.7. The molecule has 4 aromatic carbocycles. The maximum Gasteiger partial charge on any atom is 0.243 e. The molecule has 6 rings (SSSR count).